The molecule has 1 atom stereocenters. The van der Waals surface area contributed by atoms with Crippen LogP contribution in [0.3, 0.4) is 0 Å². The number of rotatable bonds is 6. The van der Waals surface area contributed by atoms with Gasteiger partial charge in [0.2, 0.25) is 0 Å². The Morgan fingerprint density at radius 2 is 1.79 bits per heavy atom. The number of ether oxygens (including phenoxy) is 1. The Hall–Kier alpha value is -3.81. The molecule has 0 fully saturated rings. The van der Waals surface area contributed by atoms with E-state index in [0.717, 1.165) is 4.57 Å². The number of fused-ring (bicyclic) bond motifs is 1. The van der Waals surface area contributed by atoms with Crippen LogP contribution in [-0.2, 0) is 20.9 Å². The van der Waals surface area contributed by atoms with Crippen LogP contribution in [0.15, 0.2) is 59.7 Å². The number of hydrogen-bond acceptors (Lipinski definition) is 6. The highest BCUT2D eigenvalue weighted by atomic mass is 16.5. The van der Waals surface area contributed by atoms with Crippen molar-refractivity contribution in [1.82, 2.24) is 9.55 Å². The molecule has 0 spiro atoms. The van der Waals surface area contributed by atoms with Gasteiger partial charge >= 0.3 is 5.97 Å². The van der Waals surface area contributed by atoms with E-state index in [1.54, 1.807) is 48.5 Å². The number of ketones is 1. The molecule has 1 N–H and O–H groups in total. The number of nitrogens with one attached hydrogen (secondary N) is 1. The summed E-state index contributed by atoms with van der Waals surface area (Å²) in [5, 5.41) is 3.00. The van der Waals surface area contributed by atoms with Crippen molar-refractivity contribution in [3.8, 4) is 0 Å². The van der Waals surface area contributed by atoms with Crippen LogP contribution < -0.4 is 10.9 Å². The number of Topliss-reactive ketones (excluding diaryl/α,β-unsaturated/α-hetero) is 1. The Kier molecular flexibility index (Phi) is 5.82. The van der Waals surface area contributed by atoms with Gasteiger partial charge in [0.25, 0.3) is 11.5 Å². The molecule has 3 rings (SSSR count). The Balaban J connectivity index is 1.61. The van der Waals surface area contributed by atoms with Gasteiger partial charge in [-0.1, -0.05) is 12.1 Å². The molecule has 1 aromatic heterocycles. The molecule has 2 aromatic carbocycles. The molecule has 0 aliphatic carbocycles. The van der Waals surface area contributed by atoms with Gasteiger partial charge in [-0.25, -0.2) is 4.98 Å². The molecule has 0 saturated heterocycles. The first-order chi connectivity index (χ1) is 13.8. The van der Waals surface area contributed by atoms with Crippen LogP contribution >= 0.6 is 0 Å². The van der Waals surface area contributed by atoms with Crippen molar-refractivity contribution >= 4 is 34.3 Å². The summed E-state index contributed by atoms with van der Waals surface area (Å²) in [7, 11) is 0. The fourth-order valence-electron chi connectivity index (χ4n) is 2.68. The fourth-order valence-corrected chi connectivity index (χ4v) is 2.68. The van der Waals surface area contributed by atoms with Gasteiger partial charge in [-0.3, -0.25) is 23.7 Å². The van der Waals surface area contributed by atoms with Crippen molar-refractivity contribution in [2.45, 2.75) is 26.5 Å². The lowest BCUT2D eigenvalue weighted by Gasteiger charge is -2.14. The average Bonchev–Trinajstić information content (AvgIpc) is 2.70. The molecule has 1 heterocycles. The van der Waals surface area contributed by atoms with Crippen LogP contribution in [-0.4, -0.2) is 33.3 Å². The van der Waals surface area contributed by atoms with Crippen LogP contribution in [0.4, 0.5) is 5.69 Å². The second kappa shape index (κ2) is 8.47. The van der Waals surface area contributed by atoms with Gasteiger partial charge in [-0.15, -0.1) is 0 Å². The molecule has 0 saturated carbocycles. The lowest BCUT2D eigenvalue weighted by atomic mass is 10.1. The van der Waals surface area contributed by atoms with Crippen LogP contribution in [0, 0.1) is 0 Å². The lowest BCUT2D eigenvalue weighted by molar-refractivity contribution is -0.153. The topological polar surface area (TPSA) is 107 Å². The highest BCUT2D eigenvalue weighted by Crippen LogP contribution is 2.11. The molecular formula is C21H19N3O5. The van der Waals surface area contributed by atoms with Crippen LogP contribution in [0.25, 0.3) is 10.9 Å². The second-order valence-electron chi connectivity index (χ2n) is 6.45. The molecule has 29 heavy (non-hydrogen) atoms. The molecule has 0 aliphatic heterocycles. The molecule has 8 nitrogen and oxygen atoms in total. The highest BCUT2D eigenvalue weighted by molar-refractivity contribution is 5.97. The molecule has 0 unspecified atom stereocenters. The lowest BCUT2D eigenvalue weighted by Crippen LogP contribution is -2.33. The van der Waals surface area contributed by atoms with E-state index in [2.05, 4.69) is 10.3 Å². The highest BCUT2D eigenvalue weighted by Gasteiger charge is 2.19. The third-order valence-electron chi connectivity index (χ3n) is 4.27. The number of nitrogens with zero attached hydrogens (tertiary/aromatic N) is 2. The van der Waals surface area contributed by atoms with E-state index in [-0.39, 0.29) is 17.9 Å². The van der Waals surface area contributed by atoms with Gasteiger partial charge in [-0.2, -0.15) is 0 Å². The van der Waals surface area contributed by atoms with E-state index >= 15 is 0 Å². The van der Waals surface area contributed by atoms with E-state index in [4.69, 9.17) is 4.74 Å². The second-order valence-corrected chi connectivity index (χ2v) is 6.45. The largest absolute Gasteiger partial charge is 0.451 e. The molecule has 0 radical (unpaired) electrons. The predicted octanol–water partition coefficient (Wildman–Crippen LogP) is 2.17. The van der Waals surface area contributed by atoms with Crippen molar-refractivity contribution in [3.63, 3.8) is 0 Å². The fraction of sp³-hybridized carbons (Fsp3) is 0.190. The van der Waals surface area contributed by atoms with Crippen molar-refractivity contribution in [3.05, 3.63) is 70.8 Å². The summed E-state index contributed by atoms with van der Waals surface area (Å²) in [6.45, 7) is 2.52. The van der Waals surface area contributed by atoms with Crippen molar-refractivity contribution < 1.29 is 19.1 Å². The summed E-state index contributed by atoms with van der Waals surface area (Å²) in [5.41, 5.74) is 1.16. The zero-order chi connectivity index (χ0) is 21.0. The third kappa shape index (κ3) is 4.73. The van der Waals surface area contributed by atoms with Crippen LogP contribution in [0.5, 0.6) is 0 Å². The normalized spacial score (nSPS) is 11.7. The standard InChI is InChI=1S/C21H19N3O5/c1-13(25)15-7-9-16(10-8-15)23-20(27)14(2)29-19(26)11-24-12-22-18-6-4-3-5-17(18)21(24)28/h3-10,12,14H,11H2,1-2H3,(H,23,27)/t14-/m0/s1. The molecule has 1 amide bonds. The maximum absolute atomic E-state index is 12.4. The predicted molar refractivity (Wildman–Crippen MR) is 107 cm³/mol. The van der Waals surface area contributed by atoms with Gasteiger partial charge in [0.15, 0.2) is 11.9 Å². The number of hydrogen-bond donors (Lipinski definition) is 1. The van der Waals surface area contributed by atoms with Gasteiger partial charge in [0.05, 0.1) is 17.2 Å². The Morgan fingerprint density at radius 1 is 1.10 bits per heavy atom. The number of para-hydroxylation sites is 1. The van der Waals surface area contributed by atoms with Crippen LogP contribution in [0.1, 0.15) is 24.2 Å². The summed E-state index contributed by atoms with van der Waals surface area (Å²) in [4.78, 5) is 52.2. The SMILES string of the molecule is CC(=O)c1ccc(NC(=O)[C@H](C)OC(=O)Cn2cnc3ccccc3c2=O)cc1. The van der Waals surface area contributed by atoms with E-state index in [1.165, 1.54) is 20.2 Å². The maximum Gasteiger partial charge on any atom is 0.326 e. The summed E-state index contributed by atoms with van der Waals surface area (Å²) in [6, 6.07) is 13.2. The zero-order valence-electron chi connectivity index (χ0n) is 15.9. The van der Waals surface area contributed by atoms with Gasteiger partial charge in [-0.05, 0) is 50.2 Å². The number of anilines is 1. The minimum Gasteiger partial charge on any atom is -0.451 e. The summed E-state index contributed by atoms with van der Waals surface area (Å²) in [6.07, 6.45) is 0.201. The third-order valence-corrected chi connectivity index (χ3v) is 4.27. The molecule has 0 aliphatic rings. The first-order valence-corrected chi connectivity index (χ1v) is 8.90. The smallest absolute Gasteiger partial charge is 0.326 e. The molecule has 8 heteroatoms. The van der Waals surface area contributed by atoms with E-state index in [0.29, 0.717) is 22.2 Å². The van der Waals surface area contributed by atoms with Gasteiger partial charge < -0.3 is 10.1 Å². The monoisotopic (exact) mass is 393 g/mol. The van der Waals surface area contributed by atoms with Gasteiger partial charge in [0.1, 0.15) is 6.54 Å². The zero-order valence-corrected chi connectivity index (χ0v) is 15.9. The van der Waals surface area contributed by atoms with E-state index < -0.39 is 18.0 Å². The Labute approximate surface area is 166 Å². The first kappa shape index (κ1) is 19.9. The van der Waals surface area contributed by atoms with E-state index in [1.807, 2.05) is 0 Å². The number of esters is 1. The van der Waals surface area contributed by atoms with Crippen molar-refractivity contribution in [2.24, 2.45) is 0 Å². The molecule has 148 valence electrons. The number of carbonyl (C=O) groups excluding carboxylic acids is 3. The Morgan fingerprint density at radius 3 is 2.48 bits per heavy atom. The van der Waals surface area contributed by atoms with Crippen LogP contribution in [0.2, 0.25) is 0 Å². The first-order valence-electron chi connectivity index (χ1n) is 8.90. The number of benzene rings is 2. The number of carbonyl (C=O) groups is 3. The number of aromatic nitrogens is 2. The van der Waals surface area contributed by atoms with E-state index in [9.17, 15) is 19.2 Å². The minimum atomic E-state index is -1.07. The molecular weight excluding hydrogens is 374 g/mol. The Bertz CT molecular complexity index is 1140. The maximum atomic E-state index is 12.4. The van der Waals surface area contributed by atoms with Crippen molar-refractivity contribution in [1.29, 1.82) is 0 Å². The van der Waals surface area contributed by atoms with Crippen molar-refractivity contribution in [2.75, 3.05) is 5.32 Å². The number of amides is 1. The molecule has 3 aromatic rings. The molecule has 0 bridgehead atoms. The minimum absolute atomic E-state index is 0.0800. The quantitative estimate of drug-likeness (QED) is 0.508. The van der Waals surface area contributed by atoms with Gasteiger partial charge in [0, 0.05) is 11.3 Å². The summed E-state index contributed by atoms with van der Waals surface area (Å²) in [5.74, 6) is -1.35. The summed E-state index contributed by atoms with van der Waals surface area (Å²) < 4.78 is 6.26. The summed E-state index contributed by atoms with van der Waals surface area (Å²) >= 11 is 0. The average molecular weight is 393 g/mol.